The smallest absolute Gasteiger partial charge is 0.0835 e. The topological polar surface area (TPSA) is 32.3 Å². The summed E-state index contributed by atoms with van der Waals surface area (Å²) in [4.78, 5) is 0. The molecule has 19 heavy (non-hydrogen) atoms. The minimum atomic E-state index is -0.290. The number of nitrogens with one attached hydrogen (secondary N) is 1. The zero-order valence-corrected chi connectivity index (χ0v) is 11.8. The minimum Gasteiger partial charge on any atom is -0.388 e. The Morgan fingerprint density at radius 1 is 1.21 bits per heavy atom. The minimum absolute atomic E-state index is 0.290. The highest BCUT2D eigenvalue weighted by Crippen LogP contribution is 2.37. The van der Waals surface area contributed by atoms with E-state index in [2.05, 4.69) is 36.5 Å². The van der Waals surface area contributed by atoms with E-state index in [1.165, 1.54) is 30.4 Å². The Morgan fingerprint density at radius 2 is 2.05 bits per heavy atom. The molecule has 2 N–H and O–H groups in total. The van der Waals surface area contributed by atoms with E-state index in [1.54, 1.807) is 0 Å². The van der Waals surface area contributed by atoms with Gasteiger partial charge in [0.15, 0.2) is 0 Å². The Morgan fingerprint density at radius 3 is 2.89 bits per heavy atom. The van der Waals surface area contributed by atoms with Crippen LogP contribution >= 0.6 is 0 Å². The molecule has 1 fully saturated rings. The molecule has 1 aliphatic heterocycles. The highest BCUT2D eigenvalue weighted by molar-refractivity contribution is 5.31. The fraction of sp³-hybridized carbons (Fsp3) is 0.647. The van der Waals surface area contributed by atoms with E-state index in [0.717, 1.165) is 25.3 Å². The van der Waals surface area contributed by atoms with Gasteiger partial charge >= 0.3 is 0 Å². The molecule has 4 atom stereocenters. The Bertz CT molecular complexity index is 431. The van der Waals surface area contributed by atoms with Crippen molar-refractivity contribution < 1.29 is 5.11 Å². The van der Waals surface area contributed by atoms with Gasteiger partial charge in [0.1, 0.15) is 0 Å². The number of fused-ring (bicyclic) bond motifs is 1. The molecule has 1 heterocycles. The average molecular weight is 259 g/mol. The van der Waals surface area contributed by atoms with Gasteiger partial charge in [0.2, 0.25) is 0 Å². The van der Waals surface area contributed by atoms with Crippen molar-refractivity contribution in [3.63, 3.8) is 0 Å². The van der Waals surface area contributed by atoms with Crippen LogP contribution in [0.5, 0.6) is 0 Å². The fourth-order valence-electron chi connectivity index (χ4n) is 3.86. The summed E-state index contributed by atoms with van der Waals surface area (Å²) in [6, 6.07) is 8.93. The lowest BCUT2D eigenvalue weighted by molar-refractivity contribution is 0.0663. The Kier molecular flexibility index (Phi) is 3.90. The van der Waals surface area contributed by atoms with E-state index in [9.17, 15) is 5.11 Å². The van der Waals surface area contributed by atoms with E-state index < -0.39 is 0 Å². The van der Waals surface area contributed by atoms with Crippen LogP contribution in [0.3, 0.4) is 0 Å². The number of hydrogen-bond donors (Lipinski definition) is 2. The summed E-state index contributed by atoms with van der Waals surface area (Å²) in [6.45, 7) is 3.45. The van der Waals surface area contributed by atoms with Crippen molar-refractivity contribution >= 4 is 0 Å². The number of benzene rings is 1. The monoisotopic (exact) mass is 259 g/mol. The zero-order chi connectivity index (χ0) is 13.2. The first-order valence-corrected chi connectivity index (χ1v) is 7.75. The summed E-state index contributed by atoms with van der Waals surface area (Å²) < 4.78 is 0. The molecule has 1 aliphatic carbocycles. The summed E-state index contributed by atoms with van der Waals surface area (Å²) in [7, 11) is 0. The van der Waals surface area contributed by atoms with Crippen LogP contribution in [-0.4, -0.2) is 17.7 Å². The van der Waals surface area contributed by atoms with E-state index in [4.69, 9.17) is 0 Å². The Hall–Kier alpha value is -0.860. The van der Waals surface area contributed by atoms with Crippen molar-refractivity contribution in [1.29, 1.82) is 0 Å². The van der Waals surface area contributed by atoms with E-state index in [1.807, 2.05) is 0 Å². The zero-order valence-electron chi connectivity index (χ0n) is 11.8. The van der Waals surface area contributed by atoms with E-state index in [0.29, 0.717) is 12.0 Å². The third kappa shape index (κ3) is 2.70. The number of hydrogen-bond acceptors (Lipinski definition) is 2. The van der Waals surface area contributed by atoms with Gasteiger partial charge in [0, 0.05) is 12.0 Å². The highest BCUT2D eigenvalue weighted by atomic mass is 16.3. The molecule has 4 unspecified atom stereocenters. The maximum Gasteiger partial charge on any atom is 0.0835 e. The second-order valence-corrected chi connectivity index (χ2v) is 6.39. The Balaban J connectivity index is 1.83. The van der Waals surface area contributed by atoms with Crippen LogP contribution in [0.2, 0.25) is 0 Å². The van der Waals surface area contributed by atoms with Gasteiger partial charge in [-0.1, -0.05) is 31.2 Å². The quantitative estimate of drug-likeness (QED) is 0.760. The predicted octanol–water partition coefficient (Wildman–Crippen LogP) is 3.06. The van der Waals surface area contributed by atoms with Gasteiger partial charge in [-0.05, 0) is 55.7 Å². The molecule has 0 radical (unpaired) electrons. The van der Waals surface area contributed by atoms with Gasteiger partial charge in [-0.3, -0.25) is 0 Å². The lowest BCUT2D eigenvalue weighted by Crippen LogP contribution is -2.44. The lowest BCUT2D eigenvalue weighted by atomic mass is 9.80. The first-order valence-electron chi connectivity index (χ1n) is 7.75. The summed E-state index contributed by atoms with van der Waals surface area (Å²) in [5, 5.41) is 14.4. The maximum absolute atomic E-state index is 10.8. The van der Waals surface area contributed by atoms with Crippen molar-refractivity contribution in [1.82, 2.24) is 5.32 Å². The number of aryl methyl sites for hydroxylation is 1. The highest BCUT2D eigenvalue weighted by Gasteiger charge is 2.34. The second kappa shape index (κ2) is 5.64. The molecule has 1 aromatic carbocycles. The SMILES string of the molecule is CC1CCNC(C2CCCc3ccccc3C2O)C1. The molecular weight excluding hydrogens is 234 g/mol. The van der Waals surface area contributed by atoms with Gasteiger partial charge in [-0.25, -0.2) is 0 Å². The largest absolute Gasteiger partial charge is 0.388 e. The summed E-state index contributed by atoms with van der Waals surface area (Å²) in [6.07, 6.45) is 5.65. The van der Waals surface area contributed by atoms with Crippen LogP contribution in [0.1, 0.15) is 49.8 Å². The van der Waals surface area contributed by atoms with Gasteiger partial charge in [-0.2, -0.15) is 0 Å². The molecule has 0 saturated carbocycles. The second-order valence-electron chi connectivity index (χ2n) is 6.39. The molecule has 2 heteroatoms. The normalized spacial score (nSPS) is 35.5. The van der Waals surface area contributed by atoms with E-state index >= 15 is 0 Å². The summed E-state index contributed by atoms with van der Waals surface area (Å²) in [5.41, 5.74) is 2.52. The molecule has 104 valence electrons. The standard InChI is InChI=1S/C17H25NO/c1-12-9-10-18-16(11-12)15-8-4-6-13-5-2-3-7-14(13)17(15)19/h2-3,5,7,12,15-19H,4,6,8-11H2,1H3. The first kappa shape index (κ1) is 13.1. The maximum atomic E-state index is 10.8. The Labute approximate surface area is 116 Å². The molecule has 1 aromatic rings. The van der Waals surface area contributed by atoms with Crippen LogP contribution in [0.25, 0.3) is 0 Å². The van der Waals surface area contributed by atoms with Crippen molar-refractivity contribution in [3.05, 3.63) is 35.4 Å². The van der Waals surface area contributed by atoms with E-state index in [-0.39, 0.29) is 6.10 Å². The van der Waals surface area contributed by atoms with Gasteiger partial charge in [-0.15, -0.1) is 0 Å². The van der Waals surface area contributed by atoms with Crippen LogP contribution in [0, 0.1) is 11.8 Å². The molecule has 0 spiro atoms. The fourth-order valence-corrected chi connectivity index (χ4v) is 3.86. The van der Waals surface area contributed by atoms with Gasteiger partial charge in [0.25, 0.3) is 0 Å². The number of aliphatic hydroxyl groups excluding tert-OH is 1. The number of rotatable bonds is 1. The van der Waals surface area contributed by atoms with Crippen molar-refractivity contribution in [3.8, 4) is 0 Å². The molecular formula is C17H25NO. The van der Waals surface area contributed by atoms with Crippen LogP contribution in [0.4, 0.5) is 0 Å². The molecule has 1 saturated heterocycles. The lowest BCUT2D eigenvalue weighted by Gasteiger charge is -2.36. The number of piperidine rings is 1. The van der Waals surface area contributed by atoms with Crippen LogP contribution < -0.4 is 5.32 Å². The molecule has 2 aliphatic rings. The third-order valence-corrected chi connectivity index (χ3v) is 4.98. The molecule has 3 rings (SSSR count). The number of aliphatic hydroxyl groups is 1. The van der Waals surface area contributed by atoms with Crippen molar-refractivity contribution in [2.24, 2.45) is 11.8 Å². The van der Waals surface area contributed by atoms with Gasteiger partial charge < -0.3 is 10.4 Å². The van der Waals surface area contributed by atoms with Crippen molar-refractivity contribution in [2.45, 2.75) is 51.2 Å². The summed E-state index contributed by atoms with van der Waals surface area (Å²) in [5.74, 6) is 1.17. The predicted molar refractivity (Wildman–Crippen MR) is 78.0 cm³/mol. The summed E-state index contributed by atoms with van der Waals surface area (Å²) >= 11 is 0. The van der Waals surface area contributed by atoms with Crippen molar-refractivity contribution in [2.75, 3.05) is 6.54 Å². The molecule has 0 amide bonds. The van der Waals surface area contributed by atoms with Crippen LogP contribution in [-0.2, 0) is 6.42 Å². The molecule has 0 bridgehead atoms. The van der Waals surface area contributed by atoms with Crippen LogP contribution in [0.15, 0.2) is 24.3 Å². The average Bonchev–Trinajstić information content (AvgIpc) is 2.59. The first-order chi connectivity index (χ1) is 9.25. The third-order valence-electron chi connectivity index (χ3n) is 4.98. The molecule has 2 nitrogen and oxygen atoms in total. The molecule has 0 aromatic heterocycles. The van der Waals surface area contributed by atoms with Gasteiger partial charge in [0.05, 0.1) is 6.10 Å².